The van der Waals surface area contributed by atoms with Crippen molar-refractivity contribution in [1.29, 1.82) is 0 Å². The average molecular weight is 255 g/mol. The normalized spacial score (nSPS) is 26.3. The Hall–Kier alpha value is -0.0800. The topological polar surface area (TPSA) is 21.3 Å². The van der Waals surface area contributed by atoms with E-state index >= 15 is 0 Å². The van der Waals surface area contributed by atoms with Crippen LogP contribution in [-0.2, 0) is 4.74 Å². The van der Waals surface area contributed by atoms with Gasteiger partial charge in [0.2, 0.25) is 0 Å². The molecule has 2 nitrogen and oxygen atoms in total. The van der Waals surface area contributed by atoms with Crippen molar-refractivity contribution in [3.63, 3.8) is 0 Å². The molecule has 1 saturated carbocycles. The second-order valence-electron chi connectivity index (χ2n) is 7.17. The van der Waals surface area contributed by atoms with E-state index in [1.54, 1.807) is 0 Å². The van der Waals surface area contributed by atoms with Gasteiger partial charge in [-0.15, -0.1) is 0 Å². The monoisotopic (exact) mass is 255 g/mol. The molecule has 2 unspecified atom stereocenters. The summed E-state index contributed by atoms with van der Waals surface area (Å²) in [4.78, 5) is 0. The van der Waals surface area contributed by atoms with Gasteiger partial charge < -0.3 is 10.1 Å². The molecule has 0 aromatic heterocycles. The quantitative estimate of drug-likeness (QED) is 0.750. The smallest absolute Gasteiger partial charge is 0.0519 e. The molecule has 1 N–H and O–H groups in total. The van der Waals surface area contributed by atoms with Gasteiger partial charge in [-0.1, -0.05) is 19.3 Å². The predicted molar refractivity (Wildman–Crippen MR) is 78.9 cm³/mol. The lowest BCUT2D eigenvalue weighted by Gasteiger charge is -2.30. The second kappa shape index (κ2) is 7.49. The van der Waals surface area contributed by atoms with Gasteiger partial charge in [0.15, 0.2) is 0 Å². The third-order valence-electron chi connectivity index (χ3n) is 3.85. The van der Waals surface area contributed by atoms with E-state index in [0.717, 1.165) is 25.0 Å². The number of nitrogens with one attached hydrogen (secondary N) is 1. The highest BCUT2D eigenvalue weighted by molar-refractivity contribution is 4.79. The third kappa shape index (κ3) is 6.75. The fraction of sp³-hybridized carbons (Fsp3) is 1.00. The first kappa shape index (κ1) is 16.0. The van der Waals surface area contributed by atoms with Crippen LogP contribution in [0.4, 0.5) is 0 Å². The molecule has 0 heterocycles. The highest BCUT2D eigenvalue weighted by Gasteiger charge is 2.25. The Morgan fingerprint density at radius 3 is 2.22 bits per heavy atom. The maximum atomic E-state index is 5.87. The fourth-order valence-electron chi connectivity index (χ4n) is 2.70. The summed E-state index contributed by atoms with van der Waals surface area (Å²) in [6.07, 6.45) is 7.28. The van der Waals surface area contributed by atoms with Gasteiger partial charge in [0.05, 0.1) is 12.7 Å². The van der Waals surface area contributed by atoms with E-state index in [9.17, 15) is 0 Å². The van der Waals surface area contributed by atoms with Gasteiger partial charge in [-0.2, -0.15) is 0 Å². The molecule has 2 atom stereocenters. The molecular formula is C16H33NO. The Balaban J connectivity index is 2.46. The predicted octanol–water partition coefficient (Wildman–Crippen LogP) is 4.00. The lowest BCUT2D eigenvalue weighted by Crippen LogP contribution is -2.41. The van der Waals surface area contributed by atoms with Crippen molar-refractivity contribution in [2.24, 2.45) is 11.8 Å². The summed E-state index contributed by atoms with van der Waals surface area (Å²) in [5, 5.41) is 3.68. The molecule has 0 amide bonds. The van der Waals surface area contributed by atoms with Crippen LogP contribution in [0.1, 0.15) is 66.7 Å². The first-order valence-electron chi connectivity index (χ1n) is 7.75. The molecule has 0 aliphatic heterocycles. The summed E-state index contributed by atoms with van der Waals surface area (Å²) in [7, 11) is 0. The highest BCUT2D eigenvalue weighted by Crippen LogP contribution is 2.29. The van der Waals surface area contributed by atoms with Crippen LogP contribution < -0.4 is 5.32 Å². The van der Waals surface area contributed by atoms with E-state index in [1.807, 2.05) is 0 Å². The van der Waals surface area contributed by atoms with E-state index in [2.05, 4.69) is 39.9 Å². The van der Waals surface area contributed by atoms with Crippen LogP contribution in [0.5, 0.6) is 0 Å². The Morgan fingerprint density at radius 2 is 1.67 bits per heavy atom. The molecule has 1 rings (SSSR count). The van der Waals surface area contributed by atoms with Crippen LogP contribution in [0.3, 0.4) is 0 Å². The summed E-state index contributed by atoms with van der Waals surface area (Å²) >= 11 is 0. The summed E-state index contributed by atoms with van der Waals surface area (Å²) in [5.74, 6) is 1.55. The zero-order chi connectivity index (χ0) is 13.6. The largest absolute Gasteiger partial charge is 0.378 e. The average Bonchev–Trinajstić information content (AvgIpc) is 2.47. The van der Waals surface area contributed by atoms with Crippen molar-refractivity contribution >= 4 is 0 Å². The molecule has 0 spiro atoms. The molecule has 0 aromatic carbocycles. The zero-order valence-electron chi connectivity index (χ0n) is 13.1. The lowest BCUT2D eigenvalue weighted by molar-refractivity contribution is 0.0313. The molecule has 0 radical (unpaired) electrons. The van der Waals surface area contributed by atoms with Crippen LogP contribution in [-0.4, -0.2) is 24.8 Å². The maximum absolute atomic E-state index is 5.87. The molecule has 18 heavy (non-hydrogen) atoms. The molecule has 0 saturated heterocycles. The van der Waals surface area contributed by atoms with Crippen LogP contribution >= 0.6 is 0 Å². The maximum Gasteiger partial charge on any atom is 0.0519 e. The first-order chi connectivity index (χ1) is 8.38. The van der Waals surface area contributed by atoms with Crippen molar-refractivity contribution in [1.82, 2.24) is 5.32 Å². The van der Waals surface area contributed by atoms with E-state index in [-0.39, 0.29) is 5.54 Å². The molecular weight excluding hydrogens is 222 g/mol. The number of hydrogen-bond acceptors (Lipinski definition) is 2. The van der Waals surface area contributed by atoms with Crippen molar-refractivity contribution in [3.8, 4) is 0 Å². The van der Waals surface area contributed by atoms with Gasteiger partial charge in [-0.25, -0.2) is 0 Å². The minimum atomic E-state index is 0.232. The van der Waals surface area contributed by atoms with E-state index in [4.69, 9.17) is 4.74 Å². The SMILES string of the molecule is CC(C)OCC1CCCCCC1CNC(C)(C)C. The van der Waals surface area contributed by atoms with Crippen molar-refractivity contribution < 1.29 is 4.74 Å². The van der Waals surface area contributed by atoms with Gasteiger partial charge in [-0.3, -0.25) is 0 Å². The van der Waals surface area contributed by atoms with Crippen LogP contribution in [0, 0.1) is 11.8 Å². The molecule has 0 aromatic rings. The first-order valence-corrected chi connectivity index (χ1v) is 7.75. The Bertz CT molecular complexity index is 220. The standard InChI is InChI=1S/C16H33NO/c1-13(2)18-12-15-10-8-6-7-9-14(15)11-17-16(3,4)5/h13-15,17H,6-12H2,1-5H3. The van der Waals surface area contributed by atoms with Crippen molar-refractivity contribution in [2.45, 2.75) is 78.4 Å². The minimum Gasteiger partial charge on any atom is -0.378 e. The van der Waals surface area contributed by atoms with Gasteiger partial charge in [0.25, 0.3) is 0 Å². The number of rotatable bonds is 5. The minimum absolute atomic E-state index is 0.232. The molecule has 2 heteroatoms. The van der Waals surface area contributed by atoms with Gasteiger partial charge >= 0.3 is 0 Å². The summed E-state index contributed by atoms with van der Waals surface area (Å²) < 4.78 is 5.87. The van der Waals surface area contributed by atoms with Gasteiger partial charge in [0.1, 0.15) is 0 Å². The number of hydrogen-bond donors (Lipinski definition) is 1. The zero-order valence-corrected chi connectivity index (χ0v) is 13.1. The Kier molecular flexibility index (Phi) is 6.65. The van der Waals surface area contributed by atoms with Crippen molar-refractivity contribution in [2.75, 3.05) is 13.2 Å². The van der Waals surface area contributed by atoms with Crippen LogP contribution in [0.2, 0.25) is 0 Å². The lowest BCUT2D eigenvalue weighted by atomic mass is 9.87. The van der Waals surface area contributed by atoms with Gasteiger partial charge in [-0.05, 0) is 65.8 Å². The van der Waals surface area contributed by atoms with Crippen LogP contribution in [0.25, 0.3) is 0 Å². The van der Waals surface area contributed by atoms with Crippen LogP contribution in [0.15, 0.2) is 0 Å². The molecule has 1 fully saturated rings. The third-order valence-corrected chi connectivity index (χ3v) is 3.85. The molecule has 1 aliphatic rings. The Labute approximate surface area is 114 Å². The highest BCUT2D eigenvalue weighted by atomic mass is 16.5. The summed E-state index contributed by atoms with van der Waals surface area (Å²) in [5.41, 5.74) is 0.232. The molecule has 1 aliphatic carbocycles. The summed E-state index contributed by atoms with van der Waals surface area (Å²) in [6, 6.07) is 0. The van der Waals surface area contributed by atoms with E-state index in [0.29, 0.717) is 6.10 Å². The summed E-state index contributed by atoms with van der Waals surface area (Å²) in [6.45, 7) is 13.1. The van der Waals surface area contributed by atoms with Crippen molar-refractivity contribution in [3.05, 3.63) is 0 Å². The second-order valence-corrected chi connectivity index (χ2v) is 7.17. The molecule has 0 bridgehead atoms. The van der Waals surface area contributed by atoms with E-state index in [1.165, 1.54) is 32.1 Å². The fourth-order valence-corrected chi connectivity index (χ4v) is 2.70. The number of ether oxygens (including phenoxy) is 1. The Morgan fingerprint density at radius 1 is 1.06 bits per heavy atom. The molecule has 108 valence electrons. The van der Waals surface area contributed by atoms with E-state index < -0.39 is 0 Å². The van der Waals surface area contributed by atoms with Gasteiger partial charge in [0, 0.05) is 5.54 Å².